The van der Waals surface area contributed by atoms with Gasteiger partial charge in [-0.1, -0.05) is 13.8 Å². The highest BCUT2D eigenvalue weighted by atomic mass is 19.4. The summed E-state index contributed by atoms with van der Waals surface area (Å²) in [7, 11) is 0. The average molecular weight is 294 g/mol. The van der Waals surface area contributed by atoms with Gasteiger partial charge in [0.05, 0.1) is 24.4 Å². The summed E-state index contributed by atoms with van der Waals surface area (Å²) in [5.41, 5.74) is 0.653. The maximum Gasteiger partial charge on any atom is 0.411 e. The molecule has 20 heavy (non-hydrogen) atoms. The van der Waals surface area contributed by atoms with E-state index in [9.17, 15) is 18.3 Å². The molecule has 1 atom stereocenters. The highest BCUT2D eigenvalue weighted by Gasteiger charge is 2.27. The molecule has 0 aliphatic carbocycles. The number of hydrogen-bond donors (Lipinski definition) is 1. The molecule has 0 fully saturated rings. The predicted molar refractivity (Wildman–Crippen MR) is 68.4 cm³/mol. The lowest BCUT2D eigenvalue weighted by Crippen LogP contribution is -2.24. The molecule has 1 aromatic rings. The molecule has 0 aliphatic rings. The molecular formula is C13H21F3N2O2. The monoisotopic (exact) mass is 294 g/mol. The molecule has 0 saturated carbocycles. The number of alkyl halides is 3. The van der Waals surface area contributed by atoms with Crippen molar-refractivity contribution in [1.82, 2.24) is 9.78 Å². The summed E-state index contributed by atoms with van der Waals surface area (Å²) in [4.78, 5) is 0. The third-order valence-corrected chi connectivity index (χ3v) is 3.00. The molecule has 1 heterocycles. The molecule has 0 aromatic carbocycles. The van der Waals surface area contributed by atoms with E-state index in [-0.39, 0.29) is 13.0 Å². The van der Waals surface area contributed by atoms with Crippen LogP contribution in [0.15, 0.2) is 12.3 Å². The Labute approximate surface area is 116 Å². The summed E-state index contributed by atoms with van der Waals surface area (Å²) in [6, 6.07) is 2.08. The van der Waals surface area contributed by atoms with E-state index in [4.69, 9.17) is 0 Å². The van der Waals surface area contributed by atoms with Crippen molar-refractivity contribution in [3.05, 3.63) is 18.0 Å². The molecule has 0 amide bonds. The predicted octanol–water partition coefficient (Wildman–Crippen LogP) is 2.73. The molecule has 1 rings (SSSR count). The summed E-state index contributed by atoms with van der Waals surface area (Å²) in [5.74, 6) is 0. The van der Waals surface area contributed by atoms with Crippen molar-refractivity contribution in [1.29, 1.82) is 0 Å². The Hall–Kier alpha value is -1.08. The number of rotatable bonds is 8. The standard InChI is InChI=1S/C13H21F3N2O2/c1-3-11(4-2)18-6-5-10(17-18)7-12(19)8-20-9-13(14,15)16/h5-6,11-12,19H,3-4,7-9H2,1-2H3. The largest absolute Gasteiger partial charge is 0.411 e. The zero-order valence-corrected chi connectivity index (χ0v) is 11.7. The maximum absolute atomic E-state index is 11.9. The van der Waals surface area contributed by atoms with E-state index in [1.54, 1.807) is 6.07 Å². The van der Waals surface area contributed by atoms with Crippen LogP contribution in [0.25, 0.3) is 0 Å². The van der Waals surface area contributed by atoms with Gasteiger partial charge in [0.15, 0.2) is 0 Å². The minimum absolute atomic E-state index is 0.186. The van der Waals surface area contributed by atoms with Gasteiger partial charge in [-0.3, -0.25) is 4.68 Å². The van der Waals surface area contributed by atoms with Crippen molar-refractivity contribution in [3.63, 3.8) is 0 Å². The van der Waals surface area contributed by atoms with Crippen LogP contribution in [0.2, 0.25) is 0 Å². The molecule has 0 bridgehead atoms. The normalized spacial score (nSPS) is 13.9. The van der Waals surface area contributed by atoms with E-state index in [1.807, 2.05) is 10.9 Å². The van der Waals surface area contributed by atoms with Crippen LogP contribution >= 0.6 is 0 Å². The molecule has 0 radical (unpaired) electrons. The summed E-state index contributed by atoms with van der Waals surface area (Å²) < 4.78 is 41.9. The van der Waals surface area contributed by atoms with Crippen LogP contribution in [0.1, 0.15) is 38.4 Å². The van der Waals surface area contributed by atoms with Gasteiger partial charge in [0.25, 0.3) is 0 Å². The highest BCUT2D eigenvalue weighted by molar-refractivity contribution is 5.01. The van der Waals surface area contributed by atoms with E-state index in [2.05, 4.69) is 23.7 Å². The summed E-state index contributed by atoms with van der Waals surface area (Å²) >= 11 is 0. The first-order chi connectivity index (χ1) is 9.35. The van der Waals surface area contributed by atoms with E-state index < -0.39 is 18.9 Å². The second kappa shape index (κ2) is 7.64. The molecule has 0 saturated heterocycles. The number of ether oxygens (including phenoxy) is 1. The first-order valence-electron chi connectivity index (χ1n) is 6.72. The Balaban J connectivity index is 2.40. The lowest BCUT2D eigenvalue weighted by atomic mass is 10.2. The quantitative estimate of drug-likeness (QED) is 0.802. The first kappa shape index (κ1) is 17.0. The third-order valence-electron chi connectivity index (χ3n) is 3.00. The van der Waals surface area contributed by atoms with Crippen LogP contribution in [0, 0.1) is 0 Å². The number of nitrogens with zero attached hydrogens (tertiary/aromatic N) is 2. The lowest BCUT2D eigenvalue weighted by molar-refractivity contribution is -0.179. The fraction of sp³-hybridized carbons (Fsp3) is 0.769. The fourth-order valence-electron chi connectivity index (χ4n) is 1.96. The molecule has 0 spiro atoms. The third kappa shape index (κ3) is 5.92. The SMILES string of the molecule is CCC(CC)n1ccc(CC(O)COCC(F)(F)F)n1. The number of halogens is 3. The van der Waals surface area contributed by atoms with E-state index in [0.717, 1.165) is 12.8 Å². The molecule has 4 nitrogen and oxygen atoms in total. The van der Waals surface area contributed by atoms with Crippen LogP contribution in [-0.4, -0.2) is 40.4 Å². The summed E-state index contributed by atoms with van der Waals surface area (Å²) in [5, 5.41) is 13.9. The molecule has 1 unspecified atom stereocenters. The zero-order chi connectivity index (χ0) is 15.2. The van der Waals surface area contributed by atoms with E-state index in [1.165, 1.54) is 0 Å². The average Bonchev–Trinajstić information content (AvgIpc) is 2.77. The molecule has 7 heteroatoms. The van der Waals surface area contributed by atoms with Gasteiger partial charge in [-0.05, 0) is 18.9 Å². The topological polar surface area (TPSA) is 47.3 Å². The van der Waals surface area contributed by atoms with Gasteiger partial charge in [0.2, 0.25) is 0 Å². The van der Waals surface area contributed by atoms with Crippen molar-refractivity contribution in [3.8, 4) is 0 Å². The number of aromatic nitrogens is 2. The first-order valence-corrected chi connectivity index (χ1v) is 6.72. The Morgan fingerprint density at radius 2 is 2.00 bits per heavy atom. The van der Waals surface area contributed by atoms with Gasteiger partial charge in [-0.25, -0.2) is 0 Å². The number of hydrogen-bond acceptors (Lipinski definition) is 3. The Morgan fingerprint density at radius 1 is 1.35 bits per heavy atom. The van der Waals surface area contributed by atoms with E-state index in [0.29, 0.717) is 11.7 Å². The summed E-state index contributed by atoms with van der Waals surface area (Å²) in [6.07, 6.45) is -1.43. The van der Waals surface area contributed by atoms with E-state index >= 15 is 0 Å². The van der Waals surface area contributed by atoms with Crippen molar-refractivity contribution in [2.24, 2.45) is 0 Å². The Morgan fingerprint density at radius 3 is 2.55 bits per heavy atom. The van der Waals surface area contributed by atoms with Gasteiger partial charge in [-0.15, -0.1) is 0 Å². The van der Waals surface area contributed by atoms with Crippen LogP contribution in [-0.2, 0) is 11.2 Å². The molecule has 1 aromatic heterocycles. The van der Waals surface area contributed by atoms with Gasteiger partial charge in [0, 0.05) is 12.6 Å². The van der Waals surface area contributed by atoms with Crippen LogP contribution in [0.4, 0.5) is 13.2 Å². The van der Waals surface area contributed by atoms with Crippen molar-refractivity contribution >= 4 is 0 Å². The van der Waals surface area contributed by atoms with Crippen LogP contribution < -0.4 is 0 Å². The van der Waals surface area contributed by atoms with Gasteiger partial charge >= 0.3 is 6.18 Å². The van der Waals surface area contributed by atoms with Crippen molar-refractivity contribution in [2.45, 2.75) is 51.4 Å². The molecule has 1 N–H and O–H groups in total. The summed E-state index contributed by atoms with van der Waals surface area (Å²) in [6.45, 7) is 2.44. The lowest BCUT2D eigenvalue weighted by Gasteiger charge is -2.13. The van der Waals surface area contributed by atoms with Crippen LogP contribution in [0.5, 0.6) is 0 Å². The van der Waals surface area contributed by atoms with Crippen molar-refractivity contribution < 1.29 is 23.0 Å². The van der Waals surface area contributed by atoms with Gasteiger partial charge in [0.1, 0.15) is 6.61 Å². The maximum atomic E-state index is 11.9. The number of aliphatic hydroxyl groups is 1. The highest BCUT2D eigenvalue weighted by Crippen LogP contribution is 2.16. The molecular weight excluding hydrogens is 273 g/mol. The van der Waals surface area contributed by atoms with Gasteiger partial charge < -0.3 is 9.84 Å². The zero-order valence-electron chi connectivity index (χ0n) is 11.7. The minimum atomic E-state index is -4.36. The van der Waals surface area contributed by atoms with Crippen LogP contribution in [0.3, 0.4) is 0 Å². The second-order valence-corrected chi connectivity index (χ2v) is 4.75. The second-order valence-electron chi connectivity index (χ2n) is 4.75. The Bertz CT molecular complexity index is 389. The minimum Gasteiger partial charge on any atom is -0.390 e. The van der Waals surface area contributed by atoms with Crippen molar-refractivity contribution in [2.75, 3.05) is 13.2 Å². The molecule has 0 aliphatic heterocycles. The smallest absolute Gasteiger partial charge is 0.390 e. The van der Waals surface area contributed by atoms with Gasteiger partial charge in [-0.2, -0.15) is 18.3 Å². The number of aliphatic hydroxyl groups excluding tert-OH is 1. The fourth-order valence-corrected chi connectivity index (χ4v) is 1.96. The Kier molecular flexibility index (Phi) is 6.48. The molecule has 116 valence electrons.